The van der Waals surface area contributed by atoms with Crippen LogP contribution in [-0.4, -0.2) is 16.2 Å². The number of carbonyl (C=O) groups is 1. The van der Waals surface area contributed by atoms with Crippen molar-refractivity contribution >= 4 is 32.9 Å². The molecule has 2 rings (SSSR count). The number of nitrogens with zero attached hydrogens (tertiary/aromatic N) is 1. The van der Waals surface area contributed by atoms with Crippen LogP contribution in [0.4, 0.5) is 4.39 Å². The zero-order valence-electron chi connectivity index (χ0n) is 6.62. The number of carboxylic acids is 1. The number of fused-ring (bicyclic) bond motifs is 1. The monoisotopic (exact) mass is 259 g/mol. The molecular formula is C8H3BrFNO3. The Morgan fingerprint density at radius 3 is 2.93 bits per heavy atom. The van der Waals surface area contributed by atoms with Gasteiger partial charge < -0.3 is 9.63 Å². The minimum absolute atomic E-state index is 0.0538. The molecule has 1 N–H and O–H groups in total. The number of aromatic nitrogens is 1. The molecule has 0 saturated heterocycles. The van der Waals surface area contributed by atoms with Gasteiger partial charge in [-0.25, -0.2) is 9.18 Å². The second-order valence-electron chi connectivity index (χ2n) is 2.61. The SMILES string of the molecule is O=C(O)c1cc(F)c2onc(Br)c2c1. The van der Waals surface area contributed by atoms with Gasteiger partial charge in [-0.05, 0) is 28.1 Å². The van der Waals surface area contributed by atoms with E-state index in [4.69, 9.17) is 5.11 Å². The van der Waals surface area contributed by atoms with Crippen molar-refractivity contribution in [2.24, 2.45) is 0 Å². The van der Waals surface area contributed by atoms with Crippen molar-refractivity contribution in [1.29, 1.82) is 0 Å². The van der Waals surface area contributed by atoms with E-state index in [1.54, 1.807) is 0 Å². The van der Waals surface area contributed by atoms with Crippen LogP contribution in [-0.2, 0) is 0 Å². The van der Waals surface area contributed by atoms with Crippen molar-refractivity contribution in [3.05, 3.63) is 28.1 Å². The third kappa shape index (κ3) is 1.27. The molecule has 4 nitrogen and oxygen atoms in total. The Morgan fingerprint density at radius 1 is 1.57 bits per heavy atom. The molecule has 1 aromatic carbocycles. The van der Waals surface area contributed by atoms with Gasteiger partial charge in [-0.2, -0.15) is 0 Å². The summed E-state index contributed by atoms with van der Waals surface area (Å²) in [5.74, 6) is -1.93. The summed E-state index contributed by atoms with van der Waals surface area (Å²) in [6.45, 7) is 0. The van der Waals surface area contributed by atoms with Crippen LogP contribution in [0.2, 0.25) is 0 Å². The first-order valence-corrected chi connectivity index (χ1v) is 4.36. The second kappa shape index (κ2) is 3.06. The Labute approximate surface area is 85.4 Å². The molecule has 6 heteroatoms. The van der Waals surface area contributed by atoms with Crippen LogP contribution in [0.25, 0.3) is 11.0 Å². The largest absolute Gasteiger partial charge is 0.478 e. The van der Waals surface area contributed by atoms with Crippen LogP contribution in [0.3, 0.4) is 0 Å². The first-order valence-electron chi connectivity index (χ1n) is 3.57. The maximum Gasteiger partial charge on any atom is 0.335 e. The Balaban J connectivity index is 2.82. The van der Waals surface area contributed by atoms with Gasteiger partial charge in [0.1, 0.15) is 0 Å². The van der Waals surface area contributed by atoms with Gasteiger partial charge in [0.25, 0.3) is 0 Å². The lowest BCUT2D eigenvalue weighted by molar-refractivity contribution is 0.0696. The Morgan fingerprint density at radius 2 is 2.29 bits per heavy atom. The van der Waals surface area contributed by atoms with E-state index in [-0.39, 0.29) is 15.7 Å². The smallest absolute Gasteiger partial charge is 0.335 e. The predicted octanol–water partition coefficient (Wildman–Crippen LogP) is 2.43. The van der Waals surface area contributed by atoms with E-state index in [0.717, 1.165) is 6.07 Å². The lowest BCUT2D eigenvalue weighted by atomic mass is 10.1. The molecule has 0 saturated carbocycles. The zero-order valence-corrected chi connectivity index (χ0v) is 8.21. The number of benzene rings is 1. The van der Waals surface area contributed by atoms with Crippen molar-refractivity contribution < 1.29 is 18.8 Å². The molecular weight excluding hydrogens is 257 g/mol. The maximum absolute atomic E-state index is 13.2. The average molecular weight is 260 g/mol. The van der Waals surface area contributed by atoms with Crippen molar-refractivity contribution in [3.63, 3.8) is 0 Å². The van der Waals surface area contributed by atoms with Gasteiger partial charge in [0.15, 0.2) is 10.4 Å². The molecule has 2 aromatic rings. The van der Waals surface area contributed by atoms with Gasteiger partial charge in [-0.15, -0.1) is 0 Å². The highest BCUT2D eigenvalue weighted by molar-refractivity contribution is 9.10. The third-order valence-corrected chi connectivity index (χ3v) is 2.30. The quantitative estimate of drug-likeness (QED) is 0.855. The topological polar surface area (TPSA) is 63.3 Å². The molecule has 0 bridgehead atoms. The van der Waals surface area contributed by atoms with Crippen LogP contribution in [0.5, 0.6) is 0 Å². The molecule has 0 atom stereocenters. The van der Waals surface area contributed by atoms with Crippen LogP contribution >= 0.6 is 15.9 Å². The highest BCUT2D eigenvalue weighted by Gasteiger charge is 2.14. The number of carboxylic acid groups (broad SMARTS) is 1. The molecule has 0 aliphatic rings. The summed E-state index contributed by atoms with van der Waals surface area (Å²) in [6.07, 6.45) is 0. The van der Waals surface area contributed by atoms with Gasteiger partial charge in [-0.3, -0.25) is 0 Å². The fourth-order valence-corrected chi connectivity index (χ4v) is 1.46. The van der Waals surface area contributed by atoms with Crippen molar-refractivity contribution in [3.8, 4) is 0 Å². The number of halogens is 2. The first kappa shape index (κ1) is 9.14. The number of aromatic carboxylic acids is 1. The van der Waals surface area contributed by atoms with Gasteiger partial charge >= 0.3 is 5.97 Å². The second-order valence-corrected chi connectivity index (χ2v) is 3.36. The number of hydrogen-bond donors (Lipinski definition) is 1. The zero-order chi connectivity index (χ0) is 10.3. The summed E-state index contributed by atoms with van der Waals surface area (Å²) >= 11 is 3.02. The molecule has 0 amide bonds. The van der Waals surface area contributed by atoms with E-state index in [1.165, 1.54) is 6.07 Å². The van der Waals surface area contributed by atoms with Crippen LogP contribution in [0.1, 0.15) is 10.4 Å². The van der Waals surface area contributed by atoms with Crippen molar-refractivity contribution in [1.82, 2.24) is 5.16 Å². The van der Waals surface area contributed by atoms with Gasteiger partial charge in [-0.1, -0.05) is 5.16 Å². The highest BCUT2D eigenvalue weighted by atomic mass is 79.9. The standard InChI is InChI=1S/C8H3BrFNO3/c9-7-4-1-3(8(12)13)2-5(10)6(4)14-11-7/h1-2H,(H,12,13). The molecule has 1 heterocycles. The van der Waals surface area contributed by atoms with E-state index in [1.807, 2.05) is 0 Å². The summed E-state index contributed by atoms with van der Waals surface area (Å²) in [5.41, 5.74) is -0.194. The summed E-state index contributed by atoms with van der Waals surface area (Å²) in [4.78, 5) is 10.6. The lowest BCUT2D eigenvalue weighted by Gasteiger charge is -1.94. The van der Waals surface area contributed by atoms with Crippen molar-refractivity contribution in [2.75, 3.05) is 0 Å². The summed E-state index contributed by atoms with van der Waals surface area (Å²) < 4.78 is 18.1. The molecule has 1 aromatic heterocycles. The molecule has 0 spiro atoms. The Hall–Kier alpha value is -1.43. The van der Waals surface area contributed by atoms with E-state index in [0.29, 0.717) is 5.39 Å². The molecule has 0 aliphatic heterocycles. The minimum atomic E-state index is -1.20. The molecule has 0 aliphatic carbocycles. The average Bonchev–Trinajstić information content (AvgIpc) is 2.48. The van der Waals surface area contributed by atoms with Crippen LogP contribution in [0, 0.1) is 5.82 Å². The molecule has 0 radical (unpaired) electrons. The van der Waals surface area contributed by atoms with Gasteiger partial charge in [0.05, 0.1) is 10.9 Å². The van der Waals surface area contributed by atoms with Crippen LogP contribution < -0.4 is 0 Å². The van der Waals surface area contributed by atoms with Crippen LogP contribution in [0.15, 0.2) is 21.3 Å². The lowest BCUT2D eigenvalue weighted by Crippen LogP contribution is -1.96. The molecule has 0 fully saturated rings. The normalized spacial score (nSPS) is 10.7. The van der Waals surface area contributed by atoms with Gasteiger partial charge in [0.2, 0.25) is 5.58 Å². The van der Waals surface area contributed by atoms with E-state index >= 15 is 0 Å². The summed E-state index contributed by atoms with van der Waals surface area (Å²) in [6, 6.07) is 2.18. The van der Waals surface area contributed by atoms with E-state index in [2.05, 4.69) is 25.6 Å². The number of hydrogen-bond acceptors (Lipinski definition) is 3. The minimum Gasteiger partial charge on any atom is -0.478 e. The maximum atomic E-state index is 13.2. The molecule has 14 heavy (non-hydrogen) atoms. The van der Waals surface area contributed by atoms with Gasteiger partial charge in [0, 0.05) is 0 Å². The molecule has 0 unspecified atom stereocenters. The predicted molar refractivity (Wildman–Crippen MR) is 48.6 cm³/mol. The highest BCUT2D eigenvalue weighted by Crippen LogP contribution is 2.26. The summed E-state index contributed by atoms with van der Waals surface area (Å²) in [5, 5.41) is 12.4. The third-order valence-electron chi connectivity index (χ3n) is 1.73. The summed E-state index contributed by atoms with van der Waals surface area (Å²) in [7, 11) is 0. The Kier molecular flexibility index (Phi) is 1.99. The van der Waals surface area contributed by atoms with E-state index < -0.39 is 11.8 Å². The fraction of sp³-hybridized carbons (Fsp3) is 0. The first-order chi connectivity index (χ1) is 6.59. The number of rotatable bonds is 1. The molecule has 72 valence electrons. The van der Waals surface area contributed by atoms with E-state index in [9.17, 15) is 9.18 Å². The fourth-order valence-electron chi connectivity index (χ4n) is 1.10. The van der Waals surface area contributed by atoms with Crippen molar-refractivity contribution in [2.45, 2.75) is 0 Å². The Bertz CT molecular complexity index is 523.